The molecule has 0 unspecified atom stereocenters. The second kappa shape index (κ2) is 13.6. The molecule has 0 fully saturated rings. The first-order valence-corrected chi connectivity index (χ1v) is 15.9. The van der Waals surface area contributed by atoms with Crippen LogP contribution in [0, 0.1) is 6.92 Å². The number of benzene rings is 3. The van der Waals surface area contributed by atoms with Crippen LogP contribution in [0.1, 0.15) is 55.5 Å². The number of carbonyl (C=O) groups excluding carboxylic acids is 2. The standard InChI is InChI=1S/C30H25ClF10N2O4S/c1-15-11-17(12-18-7-9-20(27(32,33)29(36,37)38)21(13-18)28(34,35)30(39,40)41)8-10-23(15)43-25(44)19-5-4-6-22(31)24(19)26(45)42-16(2)14-48(3,46)47/h4-11,13,16H,12,14H2,1-3H3,(H,42,45)(H,43,44)/t16-/m0/s1. The molecule has 0 radical (unpaired) electrons. The van der Waals surface area contributed by atoms with E-state index in [9.17, 15) is 61.9 Å². The molecule has 0 bridgehead atoms. The van der Waals surface area contributed by atoms with Crippen LogP contribution in [0.25, 0.3) is 0 Å². The molecule has 0 aliphatic heterocycles. The van der Waals surface area contributed by atoms with E-state index in [-0.39, 0.29) is 45.1 Å². The fourth-order valence-corrected chi connectivity index (χ4v) is 5.93. The van der Waals surface area contributed by atoms with Gasteiger partial charge in [-0.05, 0) is 61.2 Å². The molecule has 3 aromatic carbocycles. The van der Waals surface area contributed by atoms with Crippen LogP contribution in [0.15, 0.2) is 54.6 Å². The molecule has 0 heterocycles. The first kappa shape index (κ1) is 38.6. The van der Waals surface area contributed by atoms with E-state index in [1.165, 1.54) is 50.2 Å². The Kier molecular flexibility index (Phi) is 10.9. The maximum absolute atomic E-state index is 14.2. The van der Waals surface area contributed by atoms with Crippen molar-refractivity contribution in [2.75, 3.05) is 17.3 Å². The lowest BCUT2D eigenvalue weighted by atomic mass is 9.91. The summed E-state index contributed by atoms with van der Waals surface area (Å²) in [7, 11) is -3.46. The molecule has 6 nitrogen and oxygen atoms in total. The van der Waals surface area contributed by atoms with Gasteiger partial charge in [0.15, 0.2) is 0 Å². The van der Waals surface area contributed by atoms with Gasteiger partial charge in [0.1, 0.15) is 9.84 Å². The Labute approximate surface area is 272 Å². The highest BCUT2D eigenvalue weighted by atomic mass is 35.5. The van der Waals surface area contributed by atoms with Gasteiger partial charge in [-0.1, -0.05) is 41.9 Å². The van der Waals surface area contributed by atoms with E-state index in [0.29, 0.717) is 6.07 Å². The minimum absolute atomic E-state index is 0.0595. The zero-order valence-corrected chi connectivity index (χ0v) is 26.5. The summed E-state index contributed by atoms with van der Waals surface area (Å²) >= 11 is 6.17. The Morgan fingerprint density at radius 1 is 0.792 bits per heavy atom. The number of alkyl halides is 10. The van der Waals surface area contributed by atoms with Crippen LogP contribution in [-0.4, -0.2) is 50.6 Å². The van der Waals surface area contributed by atoms with Gasteiger partial charge < -0.3 is 10.6 Å². The molecule has 1 atom stereocenters. The Balaban J connectivity index is 1.91. The van der Waals surface area contributed by atoms with Gasteiger partial charge in [0.2, 0.25) is 0 Å². The normalized spacial score (nSPS) is 13.6. The molecule has 0 aromatic heterocycles. The molecule has 48 heavy (non-hydrogen) atoms. The lowest BCUT2D eigenvalue weighted by Crippen LogP contribution is -2.40. The van der Waals surface area contributed by atoms with Crippen molar-refractivity contribution in [2.45, 2.75) is 50.5 Å². The largest absolute Gasteiger partial charge is 0.458 e. The molecule has 2 amide bonds. The number of aryl methyl sites for hydroxylation is 1. The van der Waals surface area contributed by atoms with Crippen LogP contribution in [0.3, 0.4) is 0 Å². The summed E-state index contributed by atoms with van der Waals surface area (Å²) in [6, 6.07) is 7.41. The van der Waals surface area contributed by atoms with Crippen molar-refractivity contribution < 1.29 is 61.9 Å². The number of carbonyl (C=O) groups is 2. The first-order valence-electron chi connectivity index (χ1n) is 13.5. The van der Waals surface area contributed by atoms with Gasteiger partial charge in [-0.3, -0.25) is 9.59 Å². The Morgan fingerprint density at radius 3 is 1.88 bits per heavy atom. The van der Waals surface area contributed by atoms with Gasteiger partial charge in [-0.25, -0.2) is 8.42 Å². The topological polar surface area (TPSA) is 92.3 Å². The minimum atomic E-state index is -6.49. The van der Waals surface area contributed by atoms with E-state index in [1.807, 2.05) is 0 Å². The Bertz CT molecular complexity index is 1830. The van der Waals surface area contributed by atoms with Crippen LogP contribution in [0.4, 0.5) is 49.6 Å². The molecule has 262 valence electrons. The molecular formula is C30H25ClF10N2O4S. The van der Waals surface area contributed by atoms with Gasteiger partial charge >= 0.3 is 24.2 Å². The maximum atomic E-state index is 14.2. The van der Waals surface area contributed by atoms with Gasteiger partial charge in [0.05, 0.1) is 21.9 Å². The SMILES string of the molecule is Cc1cc(Cc2ccc(C(F)(F)C(F)(F)F)c(C(F)(F)C(F)(F)F)c2)ccc1NC(=O)c1cccc(Cl)c1C(=O)N[C@@H](C)CS(C)(=O)=O. The molecule has 2 N–H and O–H groups in total. The van der Waals surface area contributed by atoms with Crippen molar-refractivity contribution in [1.82, 2.24) is 5.32 Å². The van der Waals surface area contributed by atoms with Crippen molar-refractivity contribution in [3.63, 3.8) is 0 Å². The van der Waals surface area contributed by atoms with Crippen LogP contribution in [0.5, 0.6) is 0 Å². The average molecular weight is 735 g/mol. The predicted molar refractivity (Wildman–Crippen MR) is 156 cm³/mol. The van der Waals surface area contributed by atoms with Crippen LogP contribution < -0.4 is 10.6 Å². The highest BCUT2D eigenvalue weighted by Gasteiger charge is 2.65. The van der Waals surface area contributed by atoms with Crippen molar-refractivity contribution in [3.05, 3.63) is 98.6 Å². The molecule has 0 aliphatic carbocycles. The number of sulfone groups is 1. The third-order valence-electron chi connectivity index (χ3n) is 6.84. The zero-order chi connectivity index (χ0) is 36.6. The van der Waals surface area contributed by atoms with Crippen LogP contribution >= 0.6 is 11.6 Å². The van der Waals surface area contributed by atoms with Crippen molar-refractivity contribution >= 4 is 38.9 Å². The predicted octanol–water partition coefficient (Wildman–Crippen LogP) is 7.96. The Morgan fingerprint density at radius 2 is 1.33 bits per heavy atom. The van der Waals surface area contributed by atoms with E-state index in [2.05, 4.69) is 10.6 Å². The number of hydrogen-bond donors (Lipinski definition) is 2. The highest BCUT2D eigenvalue weighted by molar-refractivity contribution is 7.90. The molecule has 3 rings (SSSR count). The average Bonchev–Trinajstić information content (AvgIpc) is 2.91. The number of halogens is 11. The third-order valence-corrected chi connectivity index (χ3v) is 8.26. The van der Waals surface area contributed by atoms with Gasteiger partial charge in [0.25, 0.3) is 11.8 Å². The minimum Gasteiger partial charge on any atom is -0.348 e. The molecule has 0 spiro atoms. The maximum Gasteiger partial charge on any atom is 0.458 e. The summed E-state index contributed by atoms with van der Waals surface area (Å²) in [5, 5.41) is 4.84. The van der Waals surface area contributed by atoms with E-state index < -0.39 is 80.8 Å². The van der Waals surface area contributed by atoms with Gasteiger partial charge in [-0.15, -0.1) is 0 Å². The summed E-state index contributed by atoms with van der Waals surface area (Å²) in [5.41, 5.74) is -5.42. The molecule has 0 aliphatic rings. The number of amides is 2. The number of rotatable bonds is 10. The summed E-state index contributed by atoms with van der Waals surface area (Å²) in [6.07, 6.45) is -12.5. The second-order valence-corrected chi connectivity index (χ2v) is 13.5. The van der Waals surface area contributed by atoms with Crippen LogP contribution in [-0.2, 0) is 28.1 Å². The molecule has 0 saturated carbocycles. The highest BCUT2D eigenvalue weighted by Crippen LogP contribution is 2.52. The van der Waals surface area contributed by atoms with E-state index in [0.717, 1.165) is 6.26 Å². The van der Waals surface area contributed by atoms with E-state index in [1.54, 1.807) is 0 Å². The monoisotopic (exact) mass is 734 g/mol. The quantitative estimate of drug-likeness (QED) is 0.207. The second-order valence-electron chi connectivity index (χ2n) is 10.9. The van der Waals surface area contributed by atoms with Crippen molar-refractivity contribution in [3.8, 4) is 0 Å². The lowest BCUT2D eigenvalue weighted by Gasteiger charge is -2.28. The number of nitrogens with one attached hydrogen (secondary N) is 2. The van der Waals surface area contributed by atoms with Crippen LogP contribution in [0.2, 0.25) is 5.02 Å². The third kappa shape index (κ3) is 8.59. The lowest BCUT2D eigenvalue weighted by molar-refractivity contribution is -0.301. The van der Waals surface area contributed by atoms with Crippen molar-refractivity contribution in [1.29, 1.82) is 0 Å². The molecule has 3 aromatic rings. The molecule has 18 heteroatoms. The molecule has 0 saturated heterocycles. The summed E-state index contributed by atoms with van der Waals surface area (Å²) in [6.45, 7) is 2.88. The first-order chi connectivity index (χ1) is 21.8. The summed E-state index contributed by atoms with van der Waals surface area (Å²) < 4.78 is 158. The van der Waals surface area contributed by atoms with Gasteiger partial charge in [-0.2, -0.15) is 43.9 Å². The zero-order valence-electron chi connectivity index (χ0n) is 24.9. The number of anilines is 1. The smallest absolute Gasteiger partial charge is 0.348 e. The fraction of sp³-hybridized carbons (Fsp3) is 0.333. The Hall–Kier alpha value is -3.86. The van der Waals surface area contributed by atoms with Crippen molar-refractivity contribution in [2.24, 2.45) is 0 Å². The molecular weight excluding hydrogens is 710 g/mol. The number of hydrogen-bond acceptors (Lipinski definition) is 4. The summed E-state index contributed by atoms with van der Waals surface area (Å²) in [4.78, 5) is 26.1. The van der Waals surface area contributed by atoms with E-state index in [4.69, 9.17) is 11.6 Å². The fourth-order valence-electron chi connectivity index (χ4n) is 4.68. The van der Waals surface area contributed by atoms with Gasteiger partial charge in [0, 0.05) is 29.1 Å². The van der Waals surface area contributed by atoms with E-state index >= 15 is 0 Å². The summed E-state index contributed by atoms with van der Waals surface area (Å²) in [5.74, 6) is -14.2.